The lowest BCUT2D eigenvalue weighted by Gasteiger charge is -2.32. The first kappa shape index (κ1) is 20.4. The first-order chi connectivity index (χ1) is 11.8. The first-order valence-electron chi connectivity index (χ1n) is 9.09. The molecule has 0 bridgehead atoms. The predicted molar refractivity (Wildman–Crippen MR) is 111 cm³/mol. The van der Waals surface area contributed by atoms with Crippen LogP contribution in [-0.4, -0.2) is 84.1 Å². The third-order valence-electron chi connectivity index (χ3n) is 4.78. The smallest absolute Gasteiger partial charge is 0.193 e. The molecule has 8 heteroatoms. The van der Waals surface area contributed by atoms with Gasteiger partial charge in [-0.1, -0.05) is 0 Å². The molecule has 2 saturated heterocycles. The van der Waals surface area contributed by atoms with Crippen molar-refractivity contribution in [3.05, 3.63) is 18.0 Å². The molecule has 1 aromatic rings. The molecule has 3 rings (SSSR count). The molecular weight excluding hydrogens is 431 g/mol. The molecule has 2 fully saturated rings. The molecule has 142 valence electrons. The standard InChI is InChI=1S/C17H30N6O.HI/c1-3-18-17(19-6-4-15-12-20-21(2)13-15)23-7-5-16(14-23)22-8-10-24-11-9-22;/h12-13,16H,3-11,14H2,1-2H3,(H,18,19);1H. The van der Waals surface area contributed by atoms with E-state index < -0.39 is 0 Å². The molecule has 0 spiro atoms. The van der Waals surface area contributed by atoms with Crippen molar-refractivity contribution in [2.75, 3.05) is 52.5 Å². The van der Waals surface area contributed by atoms with Gasteiger partial charge in [0.05, 0.1) is 19.4 Å². The van der Waals surface area contributed by atoms with Crippen LogP contribution in [0.25, 0.3) is 0 Å². The Labute approximate surface area is 167 Å². The Bertz CT molecular complexity index is 543. The highest BCUT2D eigenvalue weighted by atomic mass is 127. The van der Waals surface area contributed by atoms with Gasteiger partial charge in [-0.25, -0.2) is 0 Å². The highest BCUT2D eigenvalue weighted by molar-refractivity contribution is 14.0. The van der Waals surface area contributed by atoms with Gasteiger partial charge in [-0.2, -0.15) is 5.10 Å². The molecule has 1 aromatic heterocycles. The van der Waals surface area contributed by atoms with Crippen molar-refractivity contribution in [3.8, 4) is 0 Å². The minimum atomic E-state index is 0. The molecule has 0 radical (unpaired) electrons. The molecule has 0 aliphatic carbocycles. The third kappa shape index (κ3) is 5.82. The number of likely N-dealkylation sites (tertiary alicyclic amines) is 1. The highest BCUT2D eigenvalue weighted by Crippen LogP contribution is 2.17. The van der Waals surface area contributed by atoms with Crippen LogP contribution in [0, 0.1) is 0 Å². The summed E-state index contributed by atoms with van der Waals surface area (Å²) in [6.07, 6.45) is 6.13. The third-order valence-corrected chi connectivity index (χ3v) is 4.78. The number of halogens is 1. The molecule has 7 nitrogen and oxygen atoms in total. The van der Waals surface area contributed by atoms with Crippen LogP contribution in [0.1, 0.15) is 18.9 Å². The fourth-order valence-electron chi connectivity index (χ4n) is 3.49. The minimum absolute atomic E-state index is 0. The molecular formula is C17H31IN6O. The van der Waals surface area contributed by atoms with E-state index >= 15 is 0 Å². The van der Waals surface area contributed by atoms with Crippen LogP contribution in [0.15, 0.2) is 17.4 Å². The number of rotatable bonds is 5. The Balaban J connectivity index is 0.00000225. The number of aryl methyl sites for hydroxylation is 1. The Morgan fingerprint density at radius 2 is 2.16 bits per heavy atom. The molecule has 0 amide bonds. The number of hydrogen-bond acceptors (Lipinski definition) is 4. The minimum Gasteiger partial charge on any atom is -0.379 e. The summed E-state index contributed by atoms with van der Waals surface area (Å²) in [7, 11) is 1.95. The van der Waals surface area contributed by atoms with Crippen LogP contribution in [0.5, 0.6) is 0 Å². The Morgan fingerprint density at radius 1 is 1.36 bits per heavy atom. The number of nitrogens with one attached hydrogen (secondary N) is 1. The van der Waals surface area contributed by atoms with E-state index in [0.717, 1.165) is 64.9 Å². The van der Waals surface area contributed by atoms with Crippen molar-refractivity contribution in [2.24, 2.45) is 12.0 Å². The number of hydrogen-bond donors (Lipinski definition) is 1. The van der Waals surface area contributed by atoms with Crippen molar-refractivity contribution in [3.63, 3.8) is 0 Å². The van der Waals surface area contributed by atoms with E-state index in [9.17, 15) is 0 Å². The summed E-state index contributed by atoms with van der Waals surface area (Å²) in [4.78, 5) is 9.81. The molecule has 1 atom stereocenters. The lowest BCUT2D eigenvalue weighted by atomic mass is 10.2. The SMILES string of the molecule is CCNC(=NCCc1cnn(C)c1)N1CCC(N2CCOCC2)C1.I. The topological polar surface area (TPSA) is 57.9 Å². The highest BCUT2D eigenvalue weighted by Gasteiger charge is 2.30. The van der Waals surface area contributed by atoms with Gasteiger partial charge in [-0.05, 0) is 25.3 Å². The summed E-state index contributed by atoms with van der Waals surface area (Å²) in [6, 6.07) is 0.635. The normalized spacial score (nSPS) is 22.1. The molecule has 0 saturated carbocycles. The van der Waals surface area contributed by atoms with E-state index in [4.69, 9.17) is 9.73 Å². The van der Waals surface area contributed by atoms with Crippen LogP contribution in [0.2, 0.25) is 0 Å². The van der Waals surface area contributed by atoms with Crippen LogP contribution in [-0.2, 0) is 18.2 Å². The summed E-state index contributed by atoms with van der Waals surface area (Å²) in [6.45, 7) is 9.86. The van der Waals surface area contributed by atoms with Crippen LogP contribution in [0.4, 0.5) is 0 Å². The van der Waals surface area contributed by atoms with Crippen molar-refractivity contribution in [1.82, 2.24) is 24.9 Å². The van der Waals surface area contributed by atoms with Gasteiger partial charge in [0.15, 0.2) is 5.96 Å². The average molecular weight is 462 g/mol. The van der Waals surface area contributed by atoms with E-state index in [-0.39, 0.29) is 24.0 Å². The molecule has 2 aliphatic rings. The summed E-state index contributed by atoms with van der Waals surface area (Å²) in [5.74, 6) is 1.05. The fourth-order valence-corrected chi connectivity index (χ4v) is 3.49. The molecule has 1 N–H and O–H groups in total. The van der Waals surface area contributed by atoms with E-state index in [2.05, 4.69) is 33.3 Å². The van der Waals surface area contributed by atoms with Gasteiger partial charge in [0.25, 0.3) is 0 Å². The van der Waals surface area contributed by atoms with E-state index in [1.54, 1.807) is 0 Å². The quantitative estimate of drug-likeness (QED) is 0.402. The maximum Gasteiger partial charge on any atom is 0.193 e. The van der Waals surface area contributed by atoms with Crippen molar-refractivity contribution in [1.29, 1.82) is 0 Å². The first-order valence-corrected chi connectivity index (χ1v) is 9.09. The monoisotopic (exact) mass is 462 g/mol. The van der Waals surface area contributed by atoms with Gasteiger partial charge in [-0.15, -0.1) is 24.0 Å². The molecule has 25 heavy (non-hydrogen) atoms. The summed E-state index contributed by atoms with van der Waals surface area (Å²) >= 11 is 0. The zero-order chi connectivity index (χ0) is 16.8. The number of guanidine groups is 1. The zero-order valence-corrected chi connectivity index (χ0v) is 17.7. The molecule has 0 aromatic carbocycles. The summed E-state index contributed by atoms with van der Waals surface area (Å²) < 4.78 is 7.32. The summed E-state index contributed by atoms with van der Waals surface area (Å²) in [5.41, 5.74) is 1.24. The number of morpholine rings is 1. The number of nitrogens with zero attached hydrogens (tertiary/aromatic N) is 5. The predicted octanol–water partition coefficient (Wildman–Crippen LogP) is 0.953. The lowest BCUT2D eigenvalue weighted by Crippen LogP contribution is -2.46. The van der Waals surface area contributed by atoms with Gasteiger partial charge in [0.1, 0.15) is 0 Å². The van der Waals surface area contributed by atoms with Gasteiger partial charge < -0.3 is 15.0 Å². The Morgan fingerprint density at radius 3 is 2.84 bits per heavy atom. The largest absolute Gasteiger partial charge is 0.379 e. The molecule has 3 heterocycles. The van der Waals surface area contributed by atoms with Gasteiger partial charge in [-0.3, -0.25) is 14.6 Å². The lowest BCUT2D eigenvalue weighted by molar-refractivity contribution is 0.0195. The van der Waals surface area contributed by atoms with E-state index in [1.807, 2.05) is 17.9 Å². The number of aliphatic imine (C=N–C) groups is 1. The molecule has 1 unspecified atom stereocenters. The van der Waals surface area contributed by atoms with E-state index in [1.165, 1.54) is 12.0 Å². The van der Waals surface area contributed by atoms with Crippen molar-refractivity contribution < 1.29 is 4.74 Å². The number of aromatic nitrogens is 2. The summed E-state index contributed by atoms with van der Waals surface area (Å²) in [5, 5.41) is 7.67. The molecule has 2 aliphatic heterocycles. The maximum absolute atomic E-state index is 5.47. The number of ether oxygens (including phenoxy) is 1. The van der Waals surface area contributed by atoms with Crippen molar-refractivity contribution >= 4 is 29.9 Å². The van der Waals surface area contributed by atoms with Crippen molar-refractivity contribution in [2.45, 2.75) is 25.8 Å². The maximum atomic E-state index is 5.47. The Hall–Kier alpha value is -0.870. The van der Waals surface area contributed by atoms with Gasteiger partial charge in [0.2, 0.25) is 0 Å². The van der Waals surface area contributed by atoms with Crippen LogP contribution in [0.3, 0.4) is 0 Å². The average Bonchev–Trinajstić information content (AvgIpc) is 3.24. The van der Waals surface area contributed by atoms with Gasteiger partial charge >= 0.3 is 0 Å². The zero-order valence-electron chi connectivity index (χ0n) is 15.4. The second kappa shape index (κ2) is 10.3. The van der Waals surface area contributed by atoms with E-state index in [0.29, 0.717) is 6.04 Å². The fraction of sp³-hybridized carbons (Fsp3) is 0.765. The van der Waals surface area contributed by atoms with Crippen LogP contribution < -0.4 is 5.32 Å². The Kier molecular flexibility index (Phi) is 8.44. The second-order valence-electron chi connectivity index (χ2n) is 6.54. The van der Waals surface area contributed by atoms with Gasteiger partial charge in [0, 0.05) is 58.6 Å². The van der Waals surface area contributed by atoms with Crippen LogP contribution >= 0.6 is 24.0 Å². The second-order valence-corrected chi connectivity index (χ2v) is 6.54.